The van der Waals surface area contributed by atoms with Crippen LogP contribution in [0.4, 0.5) is 4.79 Å². The molecule has 1 unspecified atom stereocenters. The maximum absolute atomic E-state index is 12.1. The molecule has 0 aliphatic rings. The normalized spacial score (nSPS) is 11.8. The Morgan fingerprint density at radius 3 is 2.44 bits per heavy atom. The van der Waals surface area contributed by atoms with Crippen LogP contribution in [-0.4, -0.2) is 66.1 Å². The number of methoxy groups -OCH3 is 1. The number of ether oxygens (including phenoxy) is 3. The minimum absolute atomic E-state index is 0.239. The number of hydrogen-bond acceptors (Lipinski definition) is 7. The second-order valence-electron chi connectivity index (χ2n) is 10.8. The number of nitrogens with zero attached hydrogens (tertiary/aromatic N) is 1. The van der Waals surface area contributed by atoms with Gasteiger partial charge in [-0.1, -0.05) is 61.4 Å². The molecule has 0 saturated heterocycles. The molecule has 10 heteroatoms. The van der Waals surface area contributed by atoms with Gasteiger partial charge in [-0.25, -0.2) is 4.79 Å². The van der Waals surface area contributed by atoms with Gasteiger partial charge in [0, 0.05) is 37.7 Å². The summed E-state index contributed by atoms with van der Waals surface area (Å²) in [6.07, 6.45) is 2.19. The average Bonchev–Trinajstić information content (AvgIpc) is 3.06. The Kier molecular flexibility index (Phi) is 13.3. The predicted molar refractivity (Wildman–Crippen MR) is 174 cm³/mol. The lowest BCUT2D eigenvalue weighted by Crippen LogP contribution is -2.32. The van der Waals surface area contributed by atoms with E-state index < -0.39 is 12.2 Å². The molecule has 0 bridgehead atoms. The number of amides is 1. The highest BCUT2D eigenvalue weighted by Gasteiger charge is 2.15. The maximum Gasteiger partial charge on any atom is 0.407 e. The lowest BCUT2D eigenvalue weighted by atomic mass is 10.0. The van der Waals surface area contributed by atoms with Crippen molar-refractivity contribution in [2.24, 2.45) is 0 Å². The standard InChI is InChI=1S/C35H43N3O7/c1-43-28-13-11-27(12-14-28)25-45-32-17-15-29(30-16-18-33(40)37-34(30)32)31(39)23-36-19-7-2-3-8-21-44-22-20-38(35(41)42)24-26-9-5-4-6-10-26/h4-6,9-18,31,36,39H,2-3,7-8,19-25H2,1H3,(H,37,40)(H,41,42). The first-order chi connectivity index (χ1) is 21.9. The van der Waals surface area contributed by atoms with Crippen molar-refractivity contribution in [3.05, 3.63) is 106 Å². The third kappa shape index (κ3) is 10.6. The number of carbonyl (C=O) groups is 1. The number of nitrogens with one attached hydrogen (secondary N) is 2. The van der Waals surface area contributed by atoms with Gasteiger partial charge in [0.15, 0.2) is 0 Å². The molecule has 1 aromatic heterocycles. The van der Waals surface area contributed by atoms with Crippen molar-refractivity contribution in [2.45, 2.75) is 44.9 Å². The van der Waals surface area contributed by atoms with Crippen molar-refractivity contribution >= 4 is 17.0 Å². The molecular formula is C35H43N3O7. The van der Waals surface area contributed by atoms with E-state index in [9.17, 15) is 19.8 Å². The molecule has 0 fully saturated rings. The number of hydrogen-bond donors (Lipinski definition) is 4. The van der Waals surface area contributed by atoms with E-state index in [2.05, 4.69) is 10.3 Å². The monoisotopic (exact) mass is 617 g/mol. The van der Waals surface area contributed by atoms with E-state index in [0.717, 1.165) is 54.5 Å². The lowest BCUT2D eigenvalue weighted by Gasteiger charge is -2.19. The quantitative estimate of drug-likeness (QED) is 0.102. The molecule has 240 valence electrons. The lowest BCUT2D eigenvalue weighted by molar-refractivity contribution is 0.0898. The van der Waals surface area contributed by atoms with Gasteiger partial charge in [0.25, 0.3) is 0 Å². The molecule has 1 amide bonds. The SMILES string of the molecule is COc1ccc(COc2ccc(C(O)CNCCCCCCOCCN(Cc3ccccc3)C(=O)O)c3ccc(=O)[nH]c23)cc1. The van der Waals surface area contributed by atoms with Crippen LogP contribution in [0, 0.1) is 0 Å². The minimum Gasteiger partial charge on any atom is -0.497 e. The number of pyridine rings is 1. The Morgan fingerprint density at radius 1 is 0.911 bits per heavy atom. The predicted octanol–water partition coefficient (Wildman–Crippen LogP) is 5.50. The van der Waals surface area contributed by atoms with Crippen molar-refractivity contribution in [3.63, 3.8) is 0 Å². The molecule has 0 aliphatic carbocycles. The van der Waals surface area contributed by atoms with Gasteiger partial charge in [0.2, 0.25) is 5.56 Å². The number of aromatic amines is 1. The Hall–Kier alpha value is -4.38. The molecule has 3 aromatic carbocycles. The van der Waals surface area contributed by atoms with Crippen LogP contribution >= 0.6 is 0 Å². The Labute approximate surface area is 263 Å². The molecule has 0 radical (unpaired) electrons. The van der Waals surface area contributed by atoms with E-state index in [1.807, 2.05) is 60.7 Å². The zero-order valence-electron chi connectivity index (χ0n) is 25.7. The summed E-state index contributed by atoms with van der Waals surface area (Å²) >= 11 is 0. The number of aliphatic hydroxyl groups excluding tert-OH is 1. The van der Waals surface area contributed by atoms with Gasteiger partial charge in [0.05, 0.1) is 25.3 Å². The summed E-state index contributed by atoms with van der Waals surface area (Å²) in [6.45, 7) is 3.12. The van der Waals surface area contributed by atoms with Gasteiger partial charge in [-0.15, -0.1) is 0 Å². The van der Waals surface area contributed by atoms with Crippen LogP contribution in [0.3, 0.4) is 0 Å². The van der Waals surface area contributed by atoms with Crippen LogP contribution in [0.25, 0.3) is 10.9 Å². The third-order valence-electron chi connectivity index (χ3n) is 7.53. The van der Waals surface area contributed by atoms with E-state index in [1.165, 1.54) is 11.0 Å². The molecule has 0 aliphatic heterocycles. The summed E-state index contributed by atoms with van der Waals surface area (Å²) in [5.41, 5.74) is 2.95. The molecule has 4 aromatic rings. The number of H-pyrrole nitrogens is 1. The van der Waals surface area contributed by atoms with Gasteiger partial charge in [-0.3, -0.25) is 4.79 Å². The fourth-order valence-electron chi connectivity index (χ4n) is 5.02. The van der Waals surface area contributed by atoms with Gasteiger partial charge >= 0.3 is 6.09 Å². The zero-order chi connectivity index (χ0) is 31.9. The van der Waals surface area contributed by atoms with Crippen molar-refractivity contribution in [2.75, 3.05) is 40.0 Å². The first kappa shape index (κ1) is 33.5. The summed E-state index contributed by atoms with van der Waals surface area (Å²) in [4.78, 5) is 27.9. The summed E-state index contributed by atoms with van der Waals surface area (Å²) in [5, 5.41) is 24.5. The van der Waals surface area contributed by atoms with E-state index in [1.54, 1.807) is 19.2 Å². The van der Waals surface area contributed by atoms with E-state index >= 15 is 0 Å². The van der Waals surface area contributed by atoms with Crippen molar-refractivity contribution < 1.29 is 29.2 Å². The van der Waals surface area contributed by atoms with Crippen molar-refractivity contribution in [1.82, 2.24) is 15.2 Å². The number of rotatable bonds is 19. The molecule has 1 atom stereocenters. The van der Waals surface area contributed by atoms with Gasteiger partial charge in [-0.2, -0.15) is 0 Å². The molecular weight excluding hydrogens is 574 g/mol. The van der Waals surface area contributed by atoms with Gasteiger partial charge < -0.3 is 39.6 Å². The largest absolute Gasteiger partial charge is 0.497 e. The van der Waals surface area contributed by atoms with Gasteiger partial charge in [0.1, 0.15) is 18.1 Å². The van der Waals surface area contributed by atoms with Crippen LogP contribution in [0.15, 0.2) is 83.7 Å². The van der Waals surface area contributed by atoms with Crippen LogP contribution < -0.4 is 20.3 Å². The third-order valence-corrected chi connectivity index (χ3v) is 7.53. The molecule has 4 N–H and O–H groups in total. The van der Waals surface area contributed by atoms with Crippen LogP contribution in [0.5, 0.6) is 11.5 Å². The second-order valence-corrected chi connectivity index (χ2v) is 10.8. The van der Waals surface area contributed by atoms with Crippen LogP contribution in [0.2, 0.25) is 0 Å². The summed E-state index contributed by atoms with van der Waals surface area (Å²) in [6, 6.07) is 23.9. The number of fused-ring (bicyclic) bond motifs is 1. The highest BCUT2D eigenvalue weighted by Crippen LogP contribution is 2.30. The number of benzene rings is 3. The Balaban J connectivity index is 1.13. The summed E-state index contributed by atoms with van der Waals surface area (Å²) in [7, 11) is 1.62. The second kappa shape index (κ2) is 17.8. The molecule has 4 rings (SSSR count). The molecule has 1 heterocycles. The first-order valence-corrected chi connectivity index (χ1v) is 15.3. The average molecular weight is 618 g/mol. The van der Waals surface area contributed by atoms with Crippen LogP contribution in [0.1, 0.15) is 48.5 Å². The fourth-order valence-corrected chi connectivity index (χ4v) is 5.02. The topological polar surface area (TPSA) is 133 Å². The van der Waals surface area contributed by atoms with Crippen molar-refractivity contribution in [1.29, 1.82) is 0 Å². The number of aromatic nitrogens is 1. The fraction of sp³-hybridized carbons (Fsp3) is 0.371. The van der Waals surface area contributed by atoms with Crippen molar-refractivity contribution in [3.8, 4) is 11.5 Å². The Bertz CT molecular complexity index is 1530. The summed E-state index contributed by atoms with van der Waals surface area (Å²) < 4.78 is 16.9. The molecule has 0 spiro atoms. The summed E-state index contributed by atoms with van der Waals surface area (Å²) in [5.74, 6) is 1.31. The Morgan fingerprint density at radius 2 is 1.69 bits per heavy atom. The number of carboxylic acid groups (broad SMARTS) is 1. The zero-order valence-corrected chi connectivity index (χ0v) is 25.7. The first-order valence-electron chi connectivity index (χ1n) is 15.3. The number of unbranched alkanes of at least 4 members (excludes halogenated alkanes) is 3. The van der Waals surface area contributed by atoms with Gasteiger partial charge in [-0.05, 0) is 60.3 Å². The maximum atomic E-state index is 12.1. The van der Waals surface area contributed by atoms with E-state index in [0.29, 0.717) is 56.3 Å². The van der Waals surface area contributed by atoms with E-state index in [4.69, 9.17) is 14.2 Å². The highest BCUT2D eigenvalue weighted by atomic mass is 16.5. The highest BCUT2D eigenvalue weighted by molar-refractivity contribution is 5.87. The molecule has 10 nitrogen and oxygen atoms in total. The number of aliphatic hydroxyl groups is 1. The van der Waals surface area contributed by atoms with E-state index in [-0.39, 0.29) is 5.56 Å². The molecule has 0 saturated carbocycles. The smallest absolute Gasteiger partial charge is 0.407 e. The minimum atomic E-state index is -0.949. The molecule has 45 heavy (non-hydrogen) atoms. The van der Waals surface area contributed by atoms with Crippen LogP contribution in [-0.2, 0) is 17.9 Å².